The molecule has 3 aromatic rings. The van der Waals surface area contributed by atoms with Crippen LogP contribution in [0.15, 0.2) is 65.6 Å². The lowest BCUT2D eigenvalue weighted by Crippen LogP contribution is -2.56. The molecule has 0 N–H and O–H groups in total. The molecule has 5 rings (SSSR count). The van der Waals surface area contributed by atoms with E-state index in [9.17, 15) is 61.9 Å². The summed E-state index contributed by atoms with van der Waals surface area (Å²) in [4.78, 5) is 28.8. The molecule has 3 aromatic carbocycles. The molecule has 0 spiro atoms. The standard InChI is InChI=1S/C33H29F10N3O5S/c1-20(47)44-12-14-45(15-13-44)29(48)46-11-10-30(19-46,52(49,50)25-8-6-23(34)7-9-25)21-2-4-22(5-3-21)31(32(38,39)40,33(41,42)43)51-18-26-27(36)16-24(35)17-28(26)37/h2-9,16-17H,10-15,18-19H2,1H3/t30-/m0/s1. The summed E-state index contributed by atoms with van der Waals surface area (Å²) in [5.41, 5.74) is -8.60. The summed E-state index contributed by atoms with van der Waals surface area (Å²) < 4.78 is 174. The van der Waals surface area contributed by atoms with Gasteiger partial charge in [-0.15, -0.1) is 0 Å². The van der Waals surface area contributed by atoms with Crippen molar-refractivity contribution in [3.8, 4) is 0 Å². The zero-order valence-corrected chi connectivity index (χ0v) is 27.8. The minimum absolute atomic E-state index is 0.0438. The minimum Gasteiger partial charge on any atom is -0.349 e. The van der Waals surface area contributed by atoms with Crippen LogP contribution in [0.4, 0.5) is 48.7 Å². The fourth-order valence-electron chi connectivity index (χ4n) is 6.44. The molecule has 0 unspecified atom stereocenters. The van der Waals surface area contributed by atoms with Gasteiger partial charge in [-0.1, -0.05) is 24.3 Å². The van der Waals surface area contributed by atoms with Gasteiger partial charge >= 0.3 is 18.4 Å². The first kappa shape index (κ1) is 38.8. The monoisotopic (exact) mass is 769 g/mol. The number of sulfone groups is 1. The van der Waals surface area contributed by atoms with Crippen LogP contribution in [0.25, 0.3) is 0 Å². The number of likely N-dealkylation sites (tertiary alicyclic amines) is 1. The van der Waals surface area contributed by atoms with E-state index in [1.165, 1.54) is 16.7 Å². The van der Waals surface area contributed by atoms with E-state index in [1.54, 1.807) is 0 Å². The second-order valence-corrected chi connectivity index (χ2v) is 14.5. The lowest BCUT2D eigenvalue weighted by Gasteiger charge is -2.38. The van der Waals surface area contributed by atoms with E-state index >= 15 is 0 Å². The maximum absolute atomic E-state index is 14.5. The Hall–Kier alpha value is -4.39. The molecule has 2 aliphatic rings. The Balaban J connectivity index is 1.56. The number of carbonyl (C=O) groups excluding carboxylic acids is 2. The minimum atomic E-state index is -6.32. The Morgan fingerprint density at radius 1 is 0.731 bits per heavy atom. The maximum Gasteiger partial charge on any atom is 0.430 e. The zero-order valence-electron chi connectivity index (χ0n) is 27.0. The highest BCUT2D eigenvalue weighted by atomic mass is 32.2. The fraction of sp³-hybridized carbons (Fsp3) is 0.394. The molecule has 19 heteroatoms. The number of benzene rings is 3. The second-order valence-electron chi connectivity index (χ2n) is 12.3. The highest BCUT2D eigenvalue weighted by molar-refractivity contribution is 7.92. The Morgan fingerprint density at radius 3 is 1.75 bits per heavy atom. The van der Waals surface area contributed by atoms with Gasteiger partial charge in [0.05, 0.1) is 11.5 Å². The largest absolute Gasteiger partial charge is 0.430 e. The molecule has 0 radical (unpaired) electrons. The highest BCUT2D eigenvalue weighted by Gasteiger charge is 2.73. The molecule has 2 saturated heterocycles. The molecule has 0 bridgehead atoms. The predicted octanol–water partition coefficient (Wildman–Crippen LogP) is 6.44. The highest BCUT2D eigenvalue weighted by Crippen LogP contribution is 2.54. The van der Waals surface area contributed by atoms with Crippen molar-refractivity contribution in [2.45, 2.75) is 47.5 Å². The van der Waals surface area contributed by atoms with Gasteiger partial charge in [-0.2, -0.15) is 26.3 Å². The molecule has 1 atom stereocenters. The van der Waals surface area contributed by atoms with Gasteiger partial charge in [-0.25, -0.2) is 30.8 Å². The van der Waals surface area contributed by atoms with Crippen molar-refractivity contribution in [2.24, 2.45) is 0 Å². The van der Waals surface area contributed by atoms with Crippen LogP contribution >= 0.6 is 0 Å². The van der Waals surface area contributed by atoms with Crippen LogP contribution in [0, 0.1) is 23.3 Å². The number of hydrogen-bond donors (Lipinski definition) is 0. The number of amides is 3. The summed E-state index contributed by atoms with van der Waals surface area (Å²) in [6, 6.07) is 4.96. The molecular formula is C33H29F10N3O5S. The third kappa shape index (κ3) is 6.79. The van der Waals surface area contributed by atoms with Gasteiger partial charge in [-0.05, 0) is 36.2 Å². The number of alkyl halides is 6. The van der Waals surface area contributed by atoms with Crippen LogP contribution < -0.4 is 0 Å². The topological polar surface area (TPSA) is 87.2 Å². The summed E-state index contributed by atoms with van der Waals surface area (Å²) >= 11 is 0. The van der Waals surface area contributed by atoms with Crippen LogP contribution in [-0.2, 0) is 36.3 Å². The molecule has 2 aliphatic heterocycles. The van der Waals surface area contributed by atoms with Crippen molar-refractivity contribution in [1.82, 2.24) is 14.7 Å². The van der Waals surface area contributed by atoms with Gasteiger partial charge in [-0.3, -0.25) is 4.79 Å². The van der Waals surface area contributed by atoms with Crippen molar-refractivity contribution in [3.63, 3.8) is 0 Å². The van der Waals surface area contributed by atoms with E-state index in [0.29, 0.717) is 24.3 Å². The maximum atomic E-state index is 14.5. The molecule has 3 amide bonds. The van der Waals surface area contributed by atoms with E-state index in [2.05, 4.69) is 4.74 Å². The molecule has 2 fully saturated rings. The molecule has 0 aliphatic carbocycles. The van der Waals surface area contributed by atoms with Crippen LogP contribution in [-0.4, -0.2) is 86.7 Å². The number of ether oxygens (including phenoxy) is 1. The third-order valence-electron chi connectivity index (χ3n) is 9.29. The first-order valence-corrected chi connectivity index (χ1v) is 16.9. The Labute approximate surface area is 290 Å². The summed E-state index contributed by atoms with van der Waals surface area (Å²) in [5.74, 6) is -6.12. The van der Waals surface area contributed by atoms with Crippen LogP contribution in [0.2, 0.25) is 0 Å². The Bertz CT molecular complexity index is 1890. The first-order chi connectivity index (χ1) is 24.1. The summed E-state index contributed by atoms with van der Waals surface area (Å²) in [6.07, 6.45) is -13.0. The number of piperazine rings is 1. The number of nitrogens with zero attached hydrogens (tertiary/aromatic N) is 3. The fourth-order valence-corrected chi connectivity index (χ4v) is 8.52. The molecule has 2 heterocycles. The Kier molecular flexibility index (Phi) is 10.4. The molecule has 0 aromatic heterocycles. The average Bonchev–Trinajstić information content (AvgIpc) is 3.52. The number of urea groups is 1. The van der Waals surface area contributed by atoms with Gasteiger partial charge in [0.2, 0.25) is 5.91 Å². The predicted molar refractivity (Wildman–Crippen MR) is 162 cm³/mol. The van der Waals surface area contributed by atoms with Crippen LogP contribution in [0.1, 0.15) is 30.0 Å². The van der Waals surface area contributed by atoms with E-state index in [0.717, 1.165) is 29.2 Å². The van der Waals surface area contributed by atoms with Gasteiger partial charge in [0, 0.05) is 69.5 Å². The van der Waals surface area contributed by atoms with Gasteiger partial charge in [0.1, 0.15) is 28.0 Å². The van der Waals surface area contributed by atoms with E-state index in [4.69, 9.17) is 0 Å². The molecule has 8 nitrogen and oxygen atoms in total. The van der Waals surface area contributed by atoms with Crippen molar-refractivity contribution < 1.29 is 66.6 Å². The van der Waals surface area contributed by atoms with Crippen LogP contribution in [0.5, 0.6) is 0 Å². The second kappa shape index (κ2) is 13.9. The quantitative estimate of drug-likeness (QED) is 0.204. The number of carbonyl (C=O) groups is 2. The summed E-state index contributed by atoms with van der Waals surface area (Å²) in [6.45, 7) is -0.839. The average molecular weight is 770 g/mol. The summed E-state index contributed by atoms with van der Waals surface area (Å²) in [5, 5.41) is 0. The smallest absolute Gasteiger partial charge is 0.349 e. The van der Waals surface area contributed by atoms with Gasteiger partial charge < -0.3 is 19.4 Å². The zero-order chi connectivity index (χ0) is 38.4. The molecule has 282 valence electrons. The van der Waals surface area contributed by atoms with E-state index in [1.807, 2.05) is 0 Å². The number of rotatable bonds is 7. The summed E-state index contributed by atoms with van der Waals surface area (Å²) in [7, 11) is -4.67. The molecule has 0 saturated carbocycles. The molecular weight excluding hydrogens is 740 g/mol. The van der Waals surface area contributed by atoms with Crippen molar-refractivity contribution in [3.05, 3.63) is 101 Å². The van der Waals surface area contributed by atoms with Crippen molar-refractivity contribution >= 4 is 21.8 Å². The van der Waals surface area contributed by atoms with Crippen LogP contribution in [0.3, 0.4) is 0 Å². The normalized spacial score (nSPS) is 18.9. The SMILES string of the molecule is CC(=O)N1CCN(C(=O)N2CC[C@](c3ccc(C(OCc4c(F)cc(F)cc4F)(C(F)(F)F)C(F)(F)F)cc3)(S(=O)(=O)c3ccc(F)cc3)C2)CC1. The van der Waals surface area contributed by atoms with Gasteiger partial charge in [0.15, 0.2) is 9.84 Å². The van der Waals surface area contributed by atoms with E-state index in [-0.39, 0.29) is 62.7 Å². The Morgan fingerprint density at radius 2 is 1.25 bits per heavy atom. The van der Waals surface area contributed by atoms with Gasteiger partial charge in [0.25, 0.3) is 5.60 Å². The van der Waals surface area contributed by atoms with E-state index < -0.39 is 91.0 Å². The third-order valence-corrected chi connectivity index (χ3v) is 11.8. The molecule has 52 heavy (non-hydrogen) atoms. The number of hydrogen-bond acceptors (Lipinski definition) is 5. The lowest BCUT2D eigenvalue weighted by molar-refractivity contribution is -0.392. The van der Waals surface area contributed by atoms with Crippen molar-refractivity contribution in [1.29, 1.82) is 0 Å². The number of halogens is 10. The lowest BCUT2D eigenvalue weighted by atomic mass is 9.88. The van der Waals surface area contributed by atoms with Crippen molar-refractivity contribution in [2.75, 3.05) is 39.3 Å². The first-order valence-electron chi connectivity index (χ1n) is 15.5.